The molecule has 1 aromatic heterocycles. The lowest BCUT2D eigenvalue weighted by molar-refractivity contribution is 0.0734. The van der Waals surface area contributed by atoms with Gasteiger partial charge >= 0.3 is 0 Å². The van der Waals surface area contributed by atoms with Crippen molar-refractivity contribution in [3.05, 3.63) is 90.0 Å². The molecule has 1 aliphatic carbocycles. The normalized spacial score (nSPS) is 13.6. The van der Waals surface area contributed by atoms with Gasteiger partial charge in [-0.2, -0.15) is 0 Å². The van der Waals surface area contributed by atoms with Crippen LogP contribution in [0.15, 0.2) is 78.0 Å². The molecule has 0 bridgehead atoms. The Bertz CT molecular complexity index is 1150. The molecule has 1 saturated carbocycles. The Hall–Kier alpha value is -3.26. The summed E-state index contributed by atoms with van der Waals surface area (Å²) in [7, 11) is -3.78. The Morgan fingerprint density at radius 1 is 1.00 bits per heavy atom. The largest absolute Gasteiger partial charge is 0.334 e. The number of aromatic nitrogens is 1. The molecule has 0 spiro atoms. The Morgan fingerprint density at radius 2 is 1.65 bits per heavy atom. The van der Waals surface area contributed by atoms with Crippen LogP contribution in [0.1, 0.15) is 28.8 Å². The molecule has 160 valence electrons. The molecule has 1 amide bonds. The predicted molar refractivity (Wildman–Crippen MR) is 115 cm³/mol. The molecule has 1 heterocycles. The van der Waals surface area contributed by atoms with E-state index in [4.69, 9.17) is 0 Å². The van der Waals surface area contributed by atoms with Gasteiger partial charge in [0.05, 0.1) is 10.6 Å². The summed E-state index contributed by atoms with van der Waals surface area (Å²) in [6.45, 7) is 0.999. The lowest BCUT2D eigenvalue weighted by Gasteiger charge is -2.23. The number of nitrogens with one attached hydrogen (secondary N) is 1. The van der Waals surface area contributed by atoms with E-state index >= 15 is 0 Å². The van der Waals surface area contributed by atoms with Crippen LogP contribution in [0.2, 0.25) is 0 Å². The zero-order valence-electron chi connectivity index (χ0n) is 16.7. The molecule has 1 aliphatic rings. The van der Waals surface area contributed by atoms with Crippen molar-refractivity contribution in [1.82, 2.24) is 9.88 Å². The molecular formula is C23H22FN3O3S. The van der Waals surface area contributed by atoms with Crippen molar-refractivity contribution in [2.45, 2.75) is 24.3 Å². The number of carbonyl (C=O) groups excluding carboxylic acids is 1. The quantitative estimate of drug-likeness (QED) is 0.574. The van der Waals surface area contributed by atoms with E-state index in [9.17, 15) is 17.6 Å². The Labute approximate surface area is 180 Å². The van der Waals surface area contributed by atoms with Gasteiger partial charge in [-0.15, -0.1) is 0 Å². The minimum Gasteiger partial charge on any atom is -0.334 e. The fraction of sp³-hybridized carbons (Fsp3) is 0.217. The van der Waals surface area contributed by atoms with E-state index in [1.807, 2.05) is 0 Å². The van der Waals surface area contributed by atoms with E-state index in [1.165, 1.54) is 48.8 Å². The van der Waals surface area contributed by atoms with Gasteiger partial charge in [0.25, 0.3) is 15.9 Å². The second kappa shape index (κ2) is 8.85. The fourth-order valence-corrected chi connectivity index (χ4v) is 4.29. The Balaban J connectivity index is 1.50. The fourth-order valence-electron chi connectivity index (χ4n) is 3.23. The summed E-state index contributed by atoms with van der Waals surface area (Å²) in [4.78, 5) is 18.8. The van der Waals surface area contributed by atoms with E-state index in [-0.39, 0.29) is 16.6 Å². The van der Waals surface area contributed by atoms with Gasteiger partial charge in [-0.3, -0.25) is 14.5 Å². The van der Waals surface area contributed by atoms with E-state index in [2.05, 4.69) is 9.71 Å². The summed E-state index contributed by atoms with van der Waals surface area (Å²) in [6, 6.07) is 15.1. The Morgan fingerprint density at radius 3 is 2.26 bits per heavy atom. The van der Waals surface area contributed by atoms with Gasteiger partial charge in [0, 0.05) is 31.0 Å². The minimum atomic E-state index is -3.78. The number of benzene rings is 2. The summed E-state index contributed by atoms with van der Waals surface area (Å²) in [5.41, 5.74) is 1.66. The third-order valence-corrected chi connectivity index (χ3v) is 6.49. The molecule has 8 heteroatoms. The van der Waals surface area contributed by atoms with Crippen LogP contribution in [-0.4, -0.2) is 30.8 Å². The molecule has 2 aromatic carbocycles. The zero-order valence-corrected chi connectivity index (χ0v) is 17.6. The molecule has 6 nitrogen and oxygen atoms in total. The van der Waals surface area contributed by atoms with Gasteiger partial charge in [-0.1, -0.05) is 12.1 Å². The first-order valence-corrected chi connectivity index (χ1v) is 11.5. The first-order chi connectivity index (χ1) is 14.9. The summed E-state index contributed by atoms with van der Waals surface area (Å²) < 4.78 is 40.8. The molecule has 4 rings (SSSR count). The molecule has 0 radical (unpaired) electrons. The van der Waals surface area contributed by atoms with Crippen LogP contribution in [0.3, 0.4) is 0 Å². The van der Waals surface area contributed by atoms with Crippen molar-refractivity contribution < 1.29 is 17.6 Å². The maximum Gasteiger partial charge on any atom is 0.261 e. The standard InChI is InChI=1S/C23H22FN3O3S/c24-20-7-3-18(4-8-20)16-27(15-17-1-2-17)23(28)19-5-9-22(10-6-19)31(29,30)26-21-11-13-25-14-12-21/h3-14,17H,1-2,15-16H2,(H,25,26). The van der Waals surface area contributed by atoms with Crippen LogP contribution < -0.4 is 4.72 Å². The maximum absolute atomic E-state index is 13.2. The highest BCUT2D eigenvalue weighted by Crippen LogP contribution is 2.31. The van der Waals surface area contributed by atoms with Gasteiger partial charge in [-0.25, -0.2) is 12.8 Å². The smallest absolute Gasteiger partial charge is 0.261 e. The van der Waals surface area contributed by atoms with Crippen molar-refractivity contribution in [2.24, 2.45) is 5.92 Å². The molecule has 3 aromatic rings. The average Bonchev–Trinajstić information content (AvgIpc) is 3.59. The highest BCUT2D eigenvalue weighted by atomic mass is 32.2. The number of sulfonamides is 1. The number of anilines is 1. The summed E-state index contributed by atoms with van der Waals surface area (Å²) in [5, 5.41) is 0. The predicted octanol–water partition coefficient (Wildman–Crippen LogP) is 4.07. The van der Waals surface area contributed by atoms with Crippen molar-refractivity contribution >= 4 is 21.6 Å². The number of hydrogen-bond donors (Lipinski definition) is 1. The minimum absolute atomic E-state index is 0.0631. The van der Waals surface area contributed by atoms with Gasteiger partial charge in [0.1, 0.15) is 5.82 Å². The van der Waals surface area contributed by atoms with Crippen molar-refractivity contribution in [2.75, 3.05) is 11.3 Å². The molecule has 31 heavy (non-hydrogen) atoms. The van der Waals surface area contributed by atoms with Gasteiger partial charge < -0.3 is 4.90 Å². The van der Waals surface area contributed by atoms with Crippen LogP contribution in [-0.2, 0) is 16.6 Å². The van der Waals surface area contributed by atoms with Gasteiger partial charge in [-0.05, 0) is 72.9 Å². The van der Waals surface area contributed by atoms with E-state index in [0.717, 1.165) is 18.4 Å². The van der Waals surface area contributed by atoms with Crippen LogP contribution in [0.5, 0.6) is 0 Å². The second-order valence-electron chi connectivity index (χ2n) is 7.62. The third kappa shape index (κ3) is 5.46. The highest BCUT2D eigenvalue weighted by molar-refractivity contribution is 7.92. The highest BCUT2D eigenvalue weighted by Gasteiger charge is 2.27. The number of amides is 1. The van der Waals surface area contributed by atoms with Crippen LogP contribution in [0.4, 0.5) is 10.1 Å². The first kappa shape index (κ1) is 21.0. The summed E-state index contributed by atoms with van der Waals surface area (Å²) in [5.74, 6) is -0.0168. The number of pyridine rings is 1. The van der Waals surface area contributed by atoms with E-state index < -0.39 is 10.0 Å². The lowest BCUT2D eigenvalue weighted by atomic mass is 10.1. The van der Waals surface area contributed by atoms with Crippen molar-refractivity contribution in [3.8, 4) is 0 Å². The SMILES string of the molecule is O=C(c1ccc(S(=O)(=O)Nc2ccncc2)cc1)N(Cc1ccc(F)cc1)CC1CC1. The van der Waals surface area contributed by atoms with E-state index in [1.54, 1.807) is 29.2 Å². The maximum atomic E-state index is 13.2. The topological polar surface area (TPSA) is 79.4 Å². The average molecular weight is 440 g/mol. The third-order valence-electron chi connectivity index (χ3n) is 5.09. The van der Waals surface area contributed by atoms with Gasteiger partial charge in [0.15, 0.2) is 0 Å². The molecule has 0 saturated heterocycles. The second-order valence-corrected chi connectivity index (χ2v) is 9.30. The molecule has 0 atom stereocenters. The zero-order chi connectivity index (χ0) is 21.8. The van der Waals surface area contributed by atoms with Crippen LogP contribution in [0.25, 0.3) is 0 Å². The number of nitrogens with zero attached hydrogens (tertiary/aromatic N) is 2. The van der Waals surface area contributed by atoms with Crippen LogP contribution >= 0.6 is 0 Å². The molecule has 0 aliphatic heterocycles. The lowest BCUT2D eigenvalue weighted by Crippen LogP contribution is -2.32. The van der Waals surface area contributed by atoms with Crippen molar-refractivity contribution in [1.29, 1.82) is 0 Å². The number of rotatable bonds is 8. The molecule has 1 fully saturated rings. The summed E-state index contributed by atoms with van der Waals surface area (Å²) in [6.07, 6.45) is 5.17. The number of halogens is 1. The molecule has 1 N–H and O–H groups in total. The first-order valence-electron chi connectivity index (χ1n) is 9.97. The van der Waals surface area contributed by atoms with Crippen LogP contribution in [0, 0.1) is 11.7 Å². The molecule has 0 unspecified atom stereocenters. The Kier molecular flexibility index (Phi) is 5.99. The van der Waals surface area contributed by atoms with Crippen molar-refractivity contribution in [3.63, 3.8) is 0 Å². The summed E-state index contributed by atoms with van der Waals surface area (Å²) >= 11 is 0. The number of hydrogen-bond acceptors (Lipinski definition) is 4. The number of carbonyl (C=O) groups is 1. The van der Waals surface area contributed by atoms with E-state index in [0.29, 0.717) is 30.3 Å². The monoisotopic (exact) mass is 439 g/mol. The molecular weight excluding hydrogens is 417 g/mol. The van der Waals surface area contributed by atoms with Gasteiger partial charge in [0.2, 0.25) is 0 Å².